The maximum Gasteiger partial charge on any atom is 0.0370 e. The molecule has 2 aliphatic rings. The van der Waals surface area contributed by atoms with Gasteiger partial charge in [-0.25, -0.2) is 0 Å². The molecule has 88 valence electrons. The summed E-state index contributed by atoms with van der Waals surface area (Å²) in [6.45, 7) is 12.5. The zero-order valence-corrected chi connectivity index (χ0v) is 11.1. The van der Waals surface area contributed by atoms with Crippen LogP contribution >= 0.6 is 0 Å². The van der Waals surface area contributed by atoms with Crippen molar-refractivity contribution in [2.45, 2.75) is 41.0 Å². The minimum absolute atomic E-state index is 0.183. The zero-order valence-electron chi connectivity index (χ0n) is 11.1. The van der Waals surface area contributed by atoms with Crippen LogP contribution in [0.25, 0.3) is 0 Å². The Kier molecular flexibility index (Phi) is 2.52. The van der Waals surface area contributed by atoms with Gasteiger partial charge in [0.25, 0.3) is 0 Å². The molecule has 1 N–H and O–H groups in total. The number of fused-ring (bicyclic) bond motifs is 1. The fourth-order valence-electron chi connectivity index (χ4n) is 2.39. The van der Waals surface area contributed by atoms with E-state index in [2.05, 4.69) is 58.2 Å². The molecule has 1 saturated heterocycles. The normalized spacial score (nSPS) is 26.7. The van der Waals surface area contributed by atoms with Crippen LogP contribution in [0.5, 0.6) is 0 Å². The molecule has 0 saturated carbocycles. The van der Waals surface area contributed by atoms with Gasteiger partial charge in [0.05, 0.1) is 0 Å². The van der Waals surface area contributed by atoms with Crippen molar-refractivity contribution in [2.24, 2.45) is 10.8 Å². The molecule has 1 aliphatic heterocycles. The van der Waals surface area contributed by atoms with Crippen LogP contribution < -0.4 is 5.32 Å². The molecule has 0 radical (unpaired) electrons. The van der Waals surface area contributed by atoms with Gasteiger partial charge in [-0.05, 0) is 30.4 Å². The van der Waals surface area contributed by atoms with Gasteiger partial charge in [0.15, 0.2) is 0 Å². The van der Waals surface area contributed by atoms with Crippen molar-refractivity contribution in [2.75, 3.05) is 6.54 Å². The molecule has 1 heteroatoms. The van der Waals surface area contributed by atoms with Gasteiger partial charge in [0.1, 0.15) is 0 Å². The highest BCUT2D eigenvalue weighted by molar-refractivity contribution is 5.42. The lowest BCUT2D eigenvalue weighted by Crippen LogP contribution is -2.36. The van der Waals surface area contributed by atoms with E-state index in [1.54, 1.807) is 0 Å². The molecule has 0 aromatic rings. The van der Waals surface area contributed by atoms with Crippen molar-refractivity contribution < 1.29 is 0 Å². The highest BCUT2D eigenvalue weighted by Gasteiger charge is 2.30. The molecule has 1 fully saturated rings. The van der Waals surface area contributed by atoms with E-state index >= 15 is 0 Å². The predicted octanol–water partition coefficient (Wildman–Crippen LogP) is 3.80. The molecule has 1 nitrogen and oxygen atoms in total. The summed E-state index contributed by atoms with van der Waals surface area (Å²) in [4.78, 5) is 0. The van der Waals surface area contributed by atoms with Gasteiger partial charge >= 0.3 is 0 Å². The number of hydrogen-bond donors (Lipinski definition) is 1. The topological polar surface area (TPSA) is 12.0 Å². The van der Waals surface area contributed by atoms with Gasteiger partial charge in [-0.1, -0.05) is 45.4 Å². The van der Waals surface area contributed by atoms with Crippen LogP contribution in [0.1, 0.15) is 41.0 Å². The van der Waals surface area contributed by atoms with Crippen molar-refractivity contribution in [3.8, 4) is 0 Å². The van der Waals surface area contributed by atoms with E-state index in [4.69, 9.17) is 0 Å². The van der Waals surface area contributed by atoms with Gasteiger partial charge in [-0.2, -0.15) is 0 Å². The van der Waals surface area contributed by atoms with E-state index in [9.17, 15) is 0 Å². The summed E-state index contributed by atoms with van der Waals surface area (Å²) in [6, 6.07) is 0. The first-order valence-electron chi connectivity index (χ1n) is 6.15. The number of nitrogens with one attached hydrogen (secondary N) is 1. The number of allylic oxidation sites excluding steroid dienone is 5. The highest BCUT2D eigenvalue weighted by Crippen LogP contribution is 2.39. The first-order valence-corrected chi connectivity index (χ1v) is 6.15. The number of piperidine rings is 1. The number of rotatable bonds is 0. The van der Waals surface area contributed by atoms with Gasteiger partial charge in [0, 0.05) is 17.7 Å². The van der Waals surface area contributed by atoms with Crippen molar-refractivity contribution in [1.29, 1.82) is 0 Å². The van der Waals surface area contributed by atoms with Gasteiger partial charge in [-0.15, -0.1) is 0 Å². The van der Waals surface area contributed by atoms with Crippen LogP contribution in [0, 0.1) is 10.8 Å². The van der Waals surface area contributed by atoms with Crippen molar-refractivity contribution in [3.63, 3.8) is 0 Å². The quantitative estimate of drug-likeness (QED) is 0.650. The Hall–Kier alpha value is -0.980. The summed E-state index contributed by atoms with van der Waals surface area (Å²) >= 11 is 0. The van der Waals surface area contributed by atoms with E-state index in [-0.39, 0.29) is 5.41 Å². The SMILES string of the molecule is CC1=CC=C2NCC(C)(C)CC2=CC1(C)C. The molecule has 0 unspecified atom stereocenters. The maximum absolute atomic E-state index is 3.56. The Morgan fingerprint density at radius 1 is 1.12 bits per heavy atom. The molecular weight excluding hydrogens is 194 g/mol. The Balaban J connectivity index is 2.40. The van der Waals surface area contributed by atoms with Gasteiger partial charge < -0.3 is 5.32 Å². The zero-order chi connectivity index (χ0) is 12.0. The summed E-state index contributed by atoms with van der Waals surface area (Å²) in [5.74, 6) is 0. The second kappa shape index (κ2) is 3.51. The monoisotopic (exact) mass is 217 g/mol. The molecule has 2 rings (SSSR count). The third-order valence-electron chi connectivity index (χ3n) is 3.82. The smallest absolute Gasteiger partial charge is 0.0370 e. The van der Waals surface area contributed by atoms with Gasteiger partial charge in [-0.3, -0.25) is 0 Å². The second-order valence-corrected chi connectivity index (χ2v) is 6.52. The average molecular weight is 217 g/mol. The fraction of sp³-hybridized carbons (Fsp3) is 0.600. The summed E-state index contributed by atoms with van der Waals surface area (Å²) in [5, 5.41) is 3.56. The minimum Gasteiger partial charge on any atom is -0.384 e. The Morgan fingerprint density at radius 2 is 1.81 bits per heavy atom. The summed E-state index contributed by atoms with van der Waals surface area (Å²) in [6.07, 6.45) is 8.11. The van der Waals surface area contributed by atoms with Crippen LogP contribution in [0.15, 0.2) is 35.1 Å². The first kappa shape index (κ1) is 11.5. The van der Waals surface area contributed by atoms with Crippen LogP contribution in [0.4, 0.5) is 0 Å². The molecule has 0 spiro atoms. The lowest BCUT2D eigenvalue weighted by atomic mass is 9.77. The average Bonchev–Trinajstić information content (AvgIpc) is 2.23. The van der Waals surface area contributed by atoms with Crippen LogP contribution in [-0.4, -0.2) is 6.54 Å². The fourth-order valence-corrected chi connectivity index (χ4v) is 2.39. The van der Waals surface area contributed by atoms with E-state index in [1.807, 2.05) is 0 Å². The third-order valence-corrected chi connectivity index (χ3v) is 3.82. The van der Waals surface area contributed by atoms with E-state index in [0.717, 1.165) is 6.54 Å². The largest absolute Gasteiger partial charge is 0.384 e. The molecule has 0 aromatic heterocycles. The molecule has 1 aliphatic carbocycles. The van der Waals surface area contributed by atoms with E-state index in [0.29, 0.717) is 5.41 Å². The molecule has 1 heterocycles. The standard InChI is InChI=1S/C15H23N/c1-11-6-7-13-12(9-15(11,4)5)8-14(2,3)10-16-13/h6-7,9,16H,8,10H2,1-5H3. The van der Waals surface area contributed by atoms with E-state index < -0.39 is 0 Å². The first-order chi connectivity index (χ1) is 7.30. The highest BCUT2D eigenvalue weighted by atomic mass is 14.9. The Morgan fingerprint density at radius 3 is 2.50 bits per heavy atom. The van der Waals surface area contributed by atoms with Crippen molar-refractivity contribution in [3.05, 3.63) is 35.1 Å². The van der Waals surface area contributed by atoms with Crippen molar-refractivity contribution >= 4 is 0 Å². The van der Waals surface area contributed by atoms with Crippen LogP contribution in [0.2, 0.25) is 0 Å². The molecule has 0 atom stereocenters. The molecule has 0 amide bonds. The molecular formula is C15H23N. The van der Waals surface area contributed by atoms with Crippen LogP contribution in [-0.2, 0) is 0 Å². The maximum atomic E-state index is 3.56. The Bertz CT molecular complexity index is 392. The number of hydrogen-bond acceptors (Lipinski definition) is 1. The summed E-state index contributed by atoms with van der Waals surface area (Å²) in [7, 11) is 0. The predicted molar refractivity (Wildman–Crippen MR) is 70.1 cm³/mol. The lowest BCUT2D eigenvalue weighted by molar-refractivity contribution is 0.326. The van der Waals surface area contributed by atoms with Crippen molar-refractivity contribution in [1.82, 2.24) is 5.32 Å². The minimum atomic E-state index is 0.183. The third kappa shape index (κ3) is 2.09. The second-order valence-electron chi connectivity index (χ2n) is 6.52. The summed E-state index contributed by atoms with van der Waals surface area (Å²) in [5.41, 5.74) is 4.79. The van der Waals surface area contributed by atoms with Gasteiger partial charge in [0.2, 0.25) is 0 Å². The lowest BCUT2D eigenvalue weighted by Gasteiger charge is -2.35. The molecule has 0 aromatic carbocycles. The molecule has 16 heavy (non-hydrogen) atoms. The summed E-state index contributed by atoms with van der Waals surface area (Å²) < 4.78 is 0. The van der Waals surface area contributed by atoms with E-state index in [1.165, 1.54) is 23.3 Å². The Labute approximate surface area is 99.3 Å². The van der Waals surface area contributed by atoms with Crippen LogP contribution in [0.3, 0.4) is 0 Å². The molecule has 0 bridgehead atoms.